The summed E-state index contributed by atoms with van der Waals surface area (Å²) in [6, 6.07) is 5.47. The van der Waals surface area contributed by atoms with E-state index in [9.17, 15) is 13.2 Å². The van der Waals surface area contributed by atoms with Crippen molar-refractivity contribution >= 4 is 48.6 Å². The first kappa shape index (κ1) is 21.4. The third-order valence-corrected chi connectivity index (χ3v) is 7.24. The van der Waals surface area contributed by atoms with E-state index in [1.54, 1.807) is 10.6 Å². The Labute approximate surface area is 167 Å². The van der Waals surface area contributed by atoms with Crippen LogP contribution in [0.15, 0.2) is 32.6 Å². The minimum atomic E-state index is -3.20. The number of hydrogen-bond donors (Lipinski definition) is 0. The molecule has 0 aliphatic rings. The maximum Gasteiger partial charge on any atom is 0.262 e. The van der Waals surface area contributed by atoms with Crippen molar-refractivity contribution in [3.63, 3.8) is 0 Å². The van der Waals surface area contributed by atoms with Gasteiger partial charge in [0.1, 0.15) is 0 Å². The summed E-state index contributed by atoms with van der Waals surface area (Å²) in [5.74, 6) is 0.967. The van der Waals surface area contributed by atoms with Crippen LogP contribution in [-0.2, 0) is 16.6 Å². The van der Waals surface area contributed by atoms with E-state index in [4.69, 9.17) is 0 Å². The average molecular weight is 462 g/mol. The zero-order valence-electron chi connectivity index (χ0n) is 15.4. The lowest BCUT2D eigenvalue weighted by Gasteiger charge is -2.15. The third kappa shape index (κ3) is 5.31. The van der Waals surface area contributed by atoms with E-state index in [0.717, 1.165) is 4.47 Å². The summed E-state index contributed by atoms with van der Waals surface area (Å²) in [6.45, 7) is 4.68. The number of halogens is 1. The molecule has 144 valence electrons. The Hall–Kier alpha value is -0.900. The number of hydrogen-bond acceptors (Lipinski definition) is 5. The minimum Gasteiger partial charge on any atom is -0.287 e. The van der Waals surface area contributed by atoms with Crippen LogP contribution in [0.2, 0.25) is 0 Å². The molecule has 0 amide bonds. The van der Waals surface area contributed by atoms with E-state index >= 15 is 0 Å². The maximum atomic E-state index is 12.9. The highest BCUT2D eigenvalue weighted by Gasteiger charge is 2.15. The van der Waals surface area contributed by atoms with Crippen molar-refractivity contribution in [1.29, 1.82) is 0 Å². The molecular weight excluding hydrogens is 438 g/mol. The molecule has 0 aliphatic carbocycles. The van der Waals surface area contributed by atoms with Gasteiger partial charge >= 0.3 is 0 Å². The monoisotopic (exact) mass is 461 g/mol. The van der Waals surface area contributed by atoms with E-state index < -0.39 is 10.0 Å². The van der Waals surface area contributed by atoms with Crippen LogP contribution in [0.1, 0.15) is 20.3 Å². The standard InChI is InChI=1S/C17H24BrN3O3S2/c1-12(2)11-21-16(22)14-10-13(18)6-7-15(14)19-17(21)25-8-5-9-26(23,24)20(3)4/h6-7,10,12H,5,8-9,11H2,1-4H3. The fourth-order valence-corrected chi connectivity index (χ4v) is 4.76. The summed E-state index contributed by atoms with van der Waals surface area (Å²) in [5, 5.41) is 1.22. The van der Waals surface area contributed by atoms with E-state index in [0.29, 0.717) is 40.7 Å². The first-order valence-corrected chi connectivity index (χ1v) is 11.7. The van der Waals surface area contributed by atoms with E-state index in [2.05, 4.69) is 34.8 Å². The van der Waals surface area contributed by atoms with Crippen molar-refractivity contribution in [3.05, 3.63) is 33.0 Å². The van der Waals surface area contributed by atoms with Gasteiger partial charge in [0.25, 0.3) is 5.56 Å². The topological polar surface area (TPSA) is 72.3 Å². The highest BCUT2D eigenvalue weighted by atomic mass is 79.9. The number of benzene rings is 1. The molecule has 26 heavy (non-hydrogen) atoms. The lowest BCUT2D eigenvalue weighted by atomic mass is 10.2. The second-order valence-electron chi connectivity index (χ2n) is 6.67. The van der Waals surface area contributed by atoms with Crippen molar-refractivity contribution in [3.8, 4) is 0 Å². The van der Waals surface area contributed by atoms with E-state index in [-0.39, 0.29) is 11.3 Å². The Morgan fingerprint density at radius 1 is 1.31 bits per heavy atom. The summed E-state index contributed by atoms with van der Waals surface area (Å²) >= 11 is 4.83. The number of rotatable bonds is 8. The number of nitrogens with zero attached hydrogens (tertiary/aromatic N) is 3. The van der Waals surface area contributed by atoms with Crippen LogP contribution in [0.3, 0.4) is 0 Å². The zero-order valence-corrected chi connectivity index (χ0v) is 18.6. The lowest BCUT2D eigenvalue weighted by Crippen LogP contribution is -2.26. The Balaban J connectivity index is 2.27. The molecule has 0 aliphatic heterocycles. The molecule has 0 N–H and O–H groups in total. The average Bonchev–Trinajstić information content (AvgIpc) is 2.55. The molecule has 9 heteroatoms. The zero-order chi connectivity index (χ0) is 19.5. The van der Waals surface area contributed by atoms with Crippen LogP contribution < -0.4 is 5.56 Å². The molecular formula is C17H24BrN3O3S2. The van der Waals surface area contributed by atoms with Crippen molar-refractivity contribution < 1.29 is 8.42 Å². The molecule has 0 atom stereocenters. The normalized spacial score (nSPS) is 12.4. The second kappa shape index (κ2) is 8.86. The minimum absolute atomic E-state index is 0.0617. The van der Waals surface area contributed by atoms with Crippen molar-refractivity contribution in [1.82, 2.24) is 13.9 Å². The third-order valence-electron chi connectivity index (χ3n) is 3.76. The molecule has 0 saturated heterocycles. The van der Waals surface area contributed by atoms with Crippen LogP contribution in [0.4, 0.5) is 0 Å². The van der Waals surface area contributed by atoms with Gasteiger partial charge < -0.3 is 0 Å². The Kier molecular flexibility index (Phi) is 7.29. The van der Waals surface area contributed by atoms with Crippen molar-refractivity contribution in [2.45, 2.75) is 32.0 Å². The molecule has 0 spiro atoms. The maximum absolute atomic E-state index is 12.9. The number of fused-ring (bicyclic) bond motifs is 1. The molecule has 0 unspecified atom stereocenters. The van der Waals surface area contributed by atoms with Gasteiger partial charge in [0.15, 0.2) is 5.16 Å². The number of thioether (sulfide) groups is 1. The van der Waals surface area contributed by atoms with Gasteiger partial charge in [-0.1, -0.05) is 41.5 Å². The summed E-state index contributed by atoms with van der Waals surface area (Å²) in [6.07, 6.45) is 0.501. The predicted molar refractivity (Wildman–Crippen MR) is 111 cm³/mol. The van der Waals surface area contributed by atoms with Crippen molar-refractivity contribution in [2.75, 3.05) is 25.6 Å². The largest absolute Gasteiger partial charge is 0.287 e. The van der Waals surface area contributed by atoms with Gasteiger partial charge in [-0.3, -0.25) is 9.36 Å². The number of aromatic nitrogens is 2. The molecule has 2 aromatic rings. The van der Waals surface area contributed by atoms with Gasteiger partial charge in [-0.2, -0.15) is 0 Å². The highest BCUT2D eigenvalue weighted by molar-refractivity contribution is 9.10. The smallest absolute Gasteiger partial charge is 0.262 e. The predicted octanol–water partition coefficient (Wildman–Crippen LogP) is 3.19. The van der Waals surface area contributed by atoms with Crippen LogP contribution in [0.5, 0.6) is 0 Å². The SMILES string of the molecule is CC(C)Cn1c(SCCCS(=O)(=O)N(C)C)nc2ccc(Br)cc2c1=O. The molecule has 2 rings (SSSR count). The van der Waals surface area contributed by atoms with Gasteiger partial charge in [0, 0.05) is 30.9 Å². The molecule has 0 saturated carbocycles. The van der Waals surface area contributed by atoms with Crippen molar-refractivity contribution in [2.24, 2.45) is 5.92 Å². The van der Waals surface area contributed by atoms with Gasteiger partial charge in [-0.25, -0.2) is 17.7 Å². The summed E-state index contributed by atoms with van der Waals surface area (Å²) < 4.78 is 27.5. The second-order valence-corrected chi connectivity index (χ2v) is 10.9. The van der Waals surface area contributed by atoms with Crippen LogP contribution >= 0.6 is 27.7 Å². The first-order chi connectivity index (χ1) is 12.1. The van der Waals surface area contributed by atoms with E-state index in [1.807, 2.05) is 12.1 Å². The van der Waals surface area contributed by atoms with Gasteiger partial charge in [0.2, 0.25) is 10.0 Å². The van der Waals surface area contributed by atoms with E-state index in [1.165, 1.54) is 30.2 Å². The van der Waals surface area contributed by atoms with Gasteiger partial charge in [-0.05, 0) is 30.5 Å². The van der Waals surface area contributed by atoms with Crippen LogP contribution in [0, 0.1) is 5.92 Å². The summed E-state index contributed by atoms with van der Waals surface area (Å²) in [7, 11) is -0.136. The van der Waals surface area contributed by atoms with Gasteiger partial charge in [-0.15, -0.1) is 0 Å². The first-order valence-electron chi connectivity index (χ1n) is 8.35. The fourth-order valence-electron chi connectivity index (χ4n) is 2.40. The molecule has 0 fully saturated rings. The van der Waals surface area contributed by atoms with Crippen LogP contribution in [0.25, 0.3) is 10.9 Å². The summed E-state index contributed by atoms with van der Waals surface area (Å²) in [4.78, 5) is 17.5. The number of sulfonamides is 1. The highest BCUT2D eigenvalue weighted by Crippen LogP contribution is 2.22. The Morgan fingerprint density at radius 3 is 2.62 bits per heavy atom. The molecule has 6 nitrogen and oxygen atoms in total. The molecule has 1 aromatic heterocycles. The molecule has 0 bridgehead atoms. The molecule has 1 heterocycles. The molecule has 0 radical (unpaired) electrons. The lowest BCUT2D eigenvalue weighted by molar-refractivity contribution is 0.475. The fraction of sp³-hybridized carbons (Fsp3) is 0.529. The quantitative estimate of drug-likeness (QED) is 0.342. The van der Waals surface area contributed by atoms with Crippen LogP contribution in [-0.4, -0.2) is 47.9 Å². The van der Waals surface area contributed by atoms with Gasteiger partial charge in [0.05, 0.1) is 16.7 Å². The Morgan fingerprint density at radius 2 is 2.00 bits per heavy atom. The Bertz CT molecular complexity index is 940. The molecule has 1 aromatic carbocycles. The summed E-state index contributed by atoms with van der Waals surface area (Å²) in [5.41, 5.74) is 0.593.